The Morgan fingerprint density at radius 1 is 0.905 bits per heavy atom. The molecule has 1 aliphatic rings. The van der Waals surface area contributed by atoms with E-state index in [9.17, 15) is 9.59 Å². The van der Waals surface area contributed by atoms with Crippen LogP contribution < -0.4 is 0 Å². The van der Waals surface area contributed by atoms with E-state index in [-0.39, 0.29) is 0 Å². The molecule has 0 atom stereocenters. The molecule has 4 heteroatoms. The maximum absolute atomic E-state index is 12.3. The van der Waals surface area contributed by atoms with Crippen LogP contribution in [0.5, 0.6) is 0 Å². The molecule has 0 radical (unpaired) electrons. The number of nitrogens with zero attached hydrogens (tertiary/aromatic N) is 2. The smallest absolute Gasteiger partial charge is 0.235 e. The van der Waals surface area contributed by atoms with E-state index in [0.29, 0.717) is 22.5 Å². The predicted octanol–water partition coefficient (Wildman–Crippen LogP) is 2.98. The van der Waals surface area contributed by atoms with Gasteiger partial charge in [-0.1, -0.05) is 11.6 Å². The van der Waals surface area contributed by atoms with E-state index in [2.05, 4.69) is 9.97 Å². The average Bonchev–Trinajstić information content (AvgIpc) is 2.51. The molecule has 21 heavy (non-hydrogen) atoms. The zero-order valence-corrected chi connectivity index (χ0v) is 11.3. The van der Waals surface area contributed by atoms with E-state index in [1.165, 1.54) is 0 Å². The van der Waals surface area contributed by atoms with Gasteiger partial charge in [0.05, 0.1) is 16.6 Å². The highest BCUT2D eigenvalue weighted by Crippen LogP contribution is 2.32. The Kier molecular flexibility index (Phi) is 2.30. The molecule has 2 aromatic heterocycles. The Hall–Kier alpha value is -2.88. The summed E-state index contributed by atoms with van der Waals surface area (Å²) < 4.78 is 0. The zero-order chi connectivity index (χ0) is 14.6. The first-order chi connectivity index (χ1) is 10.1. The molecule has 0 bridgehead atoms. The third-order valence-corrected chi connectivity index (χ3v) is 3.70. The molecule has 2 heterocycles. The summed E-state index contributed by atoms with van der Waals surface area (Å²) >= 11 is 0. The highest BCUT2D eigenvalue weighted by Gasteiger charge is 2.32. The quantitative estimate of drug-likeness (QED) is 0.591. The van der Waals surface area contributed by atoms with Crippen molar-refractivity contribution in [1.29, 1.82) is 0 Å². The lowest BCUT2D eigenvalue weighted by molar-refractivity contribution is 0.0815. The maximum atomic E-state index is 12.3. The van der Waals surface area contributed by atoms with Gasteiger partial charge in [0.25, 0.3) is 0 Å². The van der Waals surface area contributed by atoms with E-state index in [1.807, 2.05) is 25.1 Å². The molecule has 100 valence electrons. The number of benzene rings is 1. The number of carbonyl (C=O) groups is 2. The third-order valence-electron chi connectivity index (χ3n) is 3.70. The minimum Gasteiger partial charge on any atom is -0.285 e. The van der Waals surface area contributed by atoms with Gasteiger partial charge in [-0.15, -0.1) is 0 Å². The fourth-order valence-corrected chi connectivity index (χ4v) is 2.67. The van der Waals surface area contributed by atoms with Crippen molar-refractivity contribution in [2.75, 3.05) is 0 Å². The van der Waals surface area contributed by atoms with Crippen molar-refractivity contribution in [2.24, 2.45) is 0 Å². The molecule has 0 aliphatic heterocycles. The minimum absolute atomic E-state index is 0.328. The second-order valence-electron chi connectivity index (χ2n) is 5.14. The number of rotatable bonds is 0. The molecule has 0 saturated carbocycles. The number of hydrogen-bond donors (Lipinski definition) is 0. The van der Waals surface area contributed by atoms with Gasteiger partial charge in [0.15, 0.2) is 0 Å². The second-order valence-corrected chi connectivity index (χ2v) is 5.14. The van der Waals surface area contributed by atoms with E-state index < -0.39 is 11.6 Å². The van der Waals surface area contributed by atoms with Crippen LogP contribution in [0.1, 0.15) is 26.3 Å². The topological polar surface area (TPSA) is 59.9 Å². The lowest BCUT2D eigenvalue weighted by Gasteiger charge is -2.16. The first-order valence-electron chi connectivity index (χ1n) is 6.61. The van der Waals surface area contributed by atoms with Crippen LogP contribution in [-0.2, 0) is 0 Å². The fourth-order valence-electron chi connectivity index (χ4n) is 2.67. The van der Waals surface area contributed by atoms with Crippen molar-refractivity contribution >= 4 is 22.5 Å². The molecule has 1 aliphatic carbocycles. The van der Waals surface area contributed by atoms with Gasteiger partial charge >= 0.3 is 0 Å². The van der Waals surface area contributed by atoms with Crippen LogP contribution >= 0.6 is 0 Å². The lowest BCUT2D eigenvalue weighted by Crippen LogP contribution is -2.22. The van der Waals surface area contributed by atoms with Crippen molar-refractivity contribution in [3.05, 3.63) is 59.3 Å². The average molecular weight is 274 g/mol. The number of aromatic nitrogens is 2. The largest absolute Gasteiger partial charge is 0.285 e. The summed E-state index contributed by atoms with van der Waals surface area (Å²) in [4.78, 5) is 33.2. The molecule has 0 spiro atoms. The molecule has 1 aromatic carbocycles. The van der Waals surface area contributed by atoms with Gasteiger partial charge in [0.1, 0.15) is 11.4 Å². The van der Waals surface area contributed by atoms with Crippen LogP contribution in [-0.4, -0.2) is 21.5 Å². The van der Waals surface area contributed by atoms with E-state index in [0.717, 1.165) is 16.5 Å². The van der Waals surface area contributed by atoms with Crippen LogP contribution in [0.25, 0.3) is 22.3 Å². The van der Waals surface area contributed by atoms with Crippen LogP contribution in [0.3, 0.4) is 0 Å². The molecule has 4 rings (SSSR count). The third kappa shape index (κ3) is 1.62. The summed E-state index contributed by atoms with van der Waals surface area (Å²) in [5.41, 5.74) is 3.51. The van der Waals surface area contributed by atoms with Crippen molar-refractivity contribution in [2.45, 2.75) is 6.92 Å². The van der Waals surface area contributed by atoms with Crippen LogP contribution in [0, 0.1) is 6.92 Å². The number of pyridine rings is 2. The molecule has 0 amide bonds. The Balaban J connectivity index is 2.12. The SMILES string of the molecule is Cc1ccc2nc3c(cc2c1)C(=O)C(=O)c1cccnc1-3. The normalized spacial score (nSPS) is 13.2. The first-order valence-corrected chi connectivity index (χ1v) is 6.61. The highest BCUT2D eigenvalue weighted by molar-refractivity contribution is 6.52. The Morgan fingerprint density at radius 3 is 2.57 bits per heavy atom. The van der Waals surface area contributed by atoms with Crippen molar-refractivity contribution in [3.63, 3.8) is 0 Å². The van der Waals surface area contributed by atoms with Crippen LogP contribution in [0.15, 0.2) is 42.6 Å². The van der Waals surface area contributed by atoms with Gasteiger partial charge in [-0.25, -0.2) is 4.98 Å². The van der Waals surface area contributed by atoms with E-state index in [4.69, 9.17) is 0 Å². The number of Topliss-reactive ketones (excluding diaryl/α,β-unsaturated/α-hetero) is 2. The van der Waals surface area contributed by atoms with Gasteiger partial charge in [-0.05, 0) is 37.3 Å². The number of ketones is 2. The van der Waals surface area contributed by atoms with Crippen molar-refractivity contribution < 1.29 is 9.59 Å². The Morgan fingerprint density at radius 2 is 1.71 bits per heavy atom. The van der Waals surface area contributed by atoms with Gasteiger partial charge in [-0.2, -0.15) is 0 Å². The standard InChI is InChI=1S/C17H10N2O2/c1-9-4-5-13-10(7-9)8-12-15(19-13)14-11(3-2-6-18-14)16(20)17(12)21/h2-8H,1H3. The fraction of sp³-hybridized carbons (Fsp3) is 0.0588. The summed E-state index contributed by atoms with van der Waals surface area (Å²) in [5, 5.41) is 0.856. The number of fused-ring (bicyclic) bond motifs is 4. The number of carbonyl (C=O) groups excluding carboxylic acids is 2. The summed E-state index contributed by atoms with van der Waals surface area (Å²) in [6.45, 7) is 1.97. The summed E-state index contributed by atoms with van der Waals surface area (Å²) in [7, 11) is 0. The first kappa shape index (κ1) is 11.9. The molecular formula is C17H10N2O2. The van der Waals surface area contributed by atoms with Crippen LogP contribution in [0.2, 0.25) is 0 Å². The van der Waals surface area contributed by atoms with Crippen molar-refractivity contribution in [1.82, 2.24) is 9.97 Å². The molecule has 0 N–H and O–H groups in total. The number of hydrogen-bond acceptors (Lipinski definition) is 4. The van der Waals surface area contributed by atoms with Crippen LogP contribution in [0.4, 0.5) is 0 Å². The predicted molar refractivity (Wildman–Crippen MR) is 78.4 cm³/mol. The summed E-state index contributed by atoms with van der Waals surface area (Å²) in [6.07, 6.45) is 1.60. The zero-order valence-electron chi connectivity index (χ0n) is 11.3. The van der Waals surface area contributed by atoms with Gasteiger partial charge in [0.2, 0.25) is 11.6 Å². The molecule has 0 saturated heterocycles. The Bertz CT molecular complexity index is 945. The lowest BCUT2D eigenvalue weighted by atomic mass is 9.89. The second kappa shape index (κ2) is 4.06. The Labute approximate surface area is 120 Å². The van der Waals surface area contributed by atoms with Gasteiger partial charge in [-0.3, -0.25) is 14.6 Å². The van der Waals surface area contributed by atoms with Crippen molar-refractivity contribution in [3.8, 4) is 11.4 Å². The molecule has 3 aromatic rings. The highest BCUT2D eigenvalue weighted by atomic mass is 16.2. The summed E-state index contributed by atoms with van der Waals surface area (Å²) in [6, 6.07) is 10.8. The molecular weight excluding hydrogens is 264 g/mol. The van der Waals surface area contributed by atoms with Gasteiger partial charge in [0, 0.05) is 11.6 Å². The molecule has 0 fully saturated rings. The van der Waals surface area contributed by atoms with E-state index >= 15 is 0 Å². The van der Waals surface area contributed by atoms with E-state index in [1.54, 1.807) is 24.4 Å². The molecule has 4 nitrogen and oxygen atoms in total. The van der Waals surface area contributed by atoms with Gasteiger partial charge < -0.3 is 0 Å². The minimum atomic E-state index is -0.514. The maximum Gasteiger partial charge on any atom is 0.235 e. The summed E-state index contributed by atoms with van der Waals surface area (Å²) in [5.74, 6) is -1.03. The monoisotopic (exact) mass is 274 g/mol. The molecule has 0 unspecified atom stereocenters. The number of aryl methyl sites for hydroxylation is 1.